The fourth-order valence-electron chi connectivity index (χ4n) is 2.59. The predicted molar refractivity (Wildman–Crippen MR) is 101 cm³/mol. The first-order valence-electron chi connectivity index (χ1n) is 8.15. The van der Waals surface area contributed by atoms with E-state index in [9.17, 15) is 0 Å². The maximum atomic E-state index is 8.38. The Morgan fingerprint density at radius 3 is 1.87 bits per heavy atom. The van der Waals surface area contributed by atoms with Crippen molar-refractivity contribution in [1.82, 2.24) is 0 Å². The lowest BCUT2D eigenvalue weighted by molar-refractivity contribution is 0.590. The smallest absolute Gasteiger partial charge is 0.129 e. The van der Waals surface area contributed by atoms with Gasteiger partial charge in [-0.2, -0.15) is 0 Å². The molecule has 0 aliphatic rings. The molecule has 0 unspecified atom stereocenters. The van der Waals surface area contributed by atoms with Crippen LogP contribution in [0.15, 0.2) is 48.5 Å². The lowest BCUT2D eigenvalue weighted by Gasteiger charge is -2.24. The van der Waals surface area contributed by atoms with Crippen LogP contribution >= 0.6 is 0 Å². The predicted octanol–water partition coefficient (Wildman–Crippen LogP) is 5.72. The second kappa shape index (κ2) is 6.19. The second-order valence-electron chi connectivity index (χ2n) is 8.12. The number of amidine groups is 1. The number of hydrogen-bond donors (Lipinski definition) is 2. The van der Waals surface area contributed by atoms with Crippen molar-refractivity contribution in [2.24, 2.45) is 0 Å². The minimum atomic E-state index is 0.0416. The molecule has 2 N–H and O–H groups in total. The van der Waals surface area contributed by atoms with Crippen LogP contribution in [0.4, 0.5) is 5.69 Å². The third-order valence-corrected chi connectivity index (χ3v) is 4.03. The molecule has 2 rings (SSSR count). The molecule has 0 aliphatic heterocycles. The minimum Gasteiger partial charge on any atom is -0.340 e. The van der Waals surface area contributed by atoms with E-state index in [0.29, 0.717) is 5.84 Å². The molecule has 2 aromatic carbocycles. The highest BCUT2D eigenvalue weighted by Crippen LogP contribution is 2.29. The molecule has 0 aromatic heterocycles. The molecule has 0 heterocycles. The van der Waals surface area contributed by atoms with E-state index in [0.717, 1.165) is 11.3 Å². The van der Waals surface area contributed by atoms with Crippen molar-refractivity contribution in [2.75, 3.05) is 5.32 Å². The molecule has 23 heavy (non-hydrogen) atoms. The number of anilines is 1. The first-order chi connectivity index (χ1) is 10.6. The Balaban J connectivity index is 2.24. The van der Waals surface area contributed by atoms with E-state index in [1.807, 2.05) is 30.3 Å². The maximum absolute atomic E-state index is 8.38. The van der Waals surface area contributed by atoms with Crippen molar-refractivity contribution in [2.45, 2.75) is 52.4 Å². The van der Waals surface area contributed by atoms with Gasteiger partial charge in [-0.15, -0.1) is 0 Å². The number of nitrogens with one attached hydrogen (secondary N) is 2. The van der Waals surface area contributed by atoms with Crippen molar-refractivity contribution in [1.29, 1.82) is 5.41 Å². The first-order valence-corrected chi connectivity index (χ1v) is 8.15. The largest absolute Gasteiger partial charge is 0.340 e. The third kappa shape index (κ3) is 4.22. The number of hydrogen-bond acceptors (Lipinski definition) is 1. The summed E-state index contributed by atoms with van der Waals surface area (Å²) in [6, 6.07) is 16.5. The van der Waals surface area contributed by atoms with E-state index in [-0.39, 0.29) is 10.8 Å². The van der Waals surface area contributed by atoms with Crippen LogP contribution < -0.4 is 5.32 Å². The summed E-state index contributed by atoms with van der Waals surface area (Å²) in [7, 11) is 0. The Labute approximate surface area is 140 Å². The van der Waals surface area contributed by atoms with Crippen LogP contribution in [0.2, 0.25) is 0 Å². The van der Waals surface area contributed by atoms with Gasteiger partial charge in [0.15, 0.2) is 0 Å². The van der Waals surface area contributed by atoms with Gasteiger partial charge < -0.3 is 5.32 Å². The van der Waals surface area contributed by atoms with Gasteiger partial charge in [0.05, 0.1) is 0 Å². The van der Waals surface area contributed by atoms with Gasteiger partial charge in [-0.3, -0.25) is 5.41 Å². The maximum Gasteiger partial charge on any atom is 0.129 e. The van der Waals surface area contributed by atoms with Gasteiger partial charge in [0.2, 0.25) is 0 Å². The van der Waals surface area contributed by atoms with Gasteiger partial charge in [-0.05, 0) is 28.0 Å². The van der Waals surface area contributed by atoms with Crippen LogP contribution in [-0.2, 0) is 10.8 Å². The van der Waals surface area contributed by atoms with Gasteiger partial charge >= 0.3 is 0 Å². The van der Waals surface area contributed by atoms with Crippen LogP contribution in [0.3, 0.4) is 0 Å². The lowest BCUT2D eigenvalue weighted by Crippen LogP contribution is -2.19. The van der Waals surface area contributed by atoms with E-state index >= 15 is 0 Å². The van der Waals surface area contributed by atoms with E-state index in [1.165, 1.54) is 11.1 Å². The van der Waals surface area contributed by atoms with E-state index in [4.69, 9.17) is 5.41 Å². The van der Waals surface area contributed by atoms with Crippen molar-refractivity contribution < 1.29 is 0 Å². The van der Waals surface area contributed by atoms with E-state index < -0.39 is 0 Å². The molecule has 0 saturated heterocycles. The first kappa shape index (κ1) is 17.3. The van der Waals surface area contributed by atoms with Crippen molar-refractivity contribution in [3.05, 3.63) is 65.2 Å². The summed E-state index contributed by atoms with van der Waals surface area (Å²) in [6.45, 7) is 13.2. The Bertz CT molecular complexity index is 683. The normalized spacial score (nSPS) is 12.1. The van der Waals surface area contributed by atoms with Crippen LogP contribution in [0.5, 0.6) is 0 Å². The van der Waals surface area contributed by atoms with E-state index in [2.05, 4.69) is 65.1 Å². The molecule has 0 aliphatic carbocycles. The van der Waals surface area contributed by atoms with Gasteiger partial charge in [0.25, 0.3) is 0 Å². The molecule has 0 saturated carbocycles. The molecular weight excluding hydrogens is 280 g/mol. The zero-order valence-electron chi connectivity index (χ0n) is 15.1. The van der Waals surface area contributed by atoms with Crippen molar-refractivity contribution >= 4 is 11.5 Å². The number of para-hydroxylation sites is 1. The zero-order valence-corrected chi connectivity index (χ0v) is 15.1. The van der Waals surface area contributed by atoms with Gasteiger partial charge in [-0.1, -0.05) is 84.0 Å². The lowest BCUT2D eigenvalue weighted by atomic mass is 9.85. The fraction of sp³-hybridized carbons (Fsp3) is 0.381. The monoisotopic (exact) mass is 308 g/mol. The minimum absolute atomic E-state index is 0.0416. The highest BCUT2D eigenvalue weighted by Gasteiger charge is 2.18. The molecule has 122 valence electrons. The Kier molecular flexibility index (Phi) is 4.65. The molecule has 0 bridgehead atoms. The van der Waals surface area contributed by atoms with Gasteiger partial charge in [-0.25, -0.2) is 0 Å². The van der Waals surface area contributed by atoms with Crippen molar-refractivity contribution in [3.63, 3.8) is 0 Å². The van der Waals surface area contributed by atoms with E-state index in [1.54, 1.807) is 0 Å². The highest BCUT2D eigenvalue weighted by atomic mass is 14.9. The summed E-state index contributed by atoms with van der Waals surface area (Å²) in [5.41, 5.74) is 4.58. The fourth-order valence-corrected chi connectivity index (χ4v) is 2.59. The number of rotatable bonds is 2. The molecule has 0 spiro atoms. The summed E-state index contributed by atoms with van der Waals surface area (Å²) in [6.07, 6.45) is 0. The standard InChI is InChI=1S/C21H28N2/c1-20(2,3)16-13-11-15(12-14-16)19(22)23-18-10-8-7-9-17(18)21(4,5)6/h7-14H,1-6H3,(H2,22,23). The van der Waals surface area contributed by atoms with Crippen LogP contribution in [0, 0.1) is 5.41 Å². The molecule has 0 radical (unpaired) electrons. The van der Waals surface area contributed by atoms with Crippen LogP contribution in [0.25, 0.3) is 0 Å². The molecular formula is C21H28N2. The average Bonchev–Trinajstić information content (AvgIpc) is 2.46. The van der Waals surface area contributed by atoms with Crippen molar-refractivity contribution in [3.8, 4) is 0 Å². The molecule has 0 fully saturated rings. The van der Waals surface area contributed by atoms with Crippen LogP contribution in [0.1, 0.15) is 58.2 Å². The molecule has 0 amide bonds. The van der Waals surface area contributed by atoms with Gasteiger partial charge in [0.1, 0.15) is 5.84 Å². The molecule has 2 nitrogen and oxygen atoms in total. The Morgan fingerprint density at radius 1 is 0.783 bits per heavy atom. The SMILES string of the molecule is CC(C)(C)c1ccc(C(=N)Nc2ccccc2C(C)(C)C)cc1. The summed E-state index contributed by atoms with van der Waals surface area (Å²) in [5.74, 6) is 0.433. The molecule has 2 aromatic rings. The summed E-state index contributed by atoms with van der Waals surface area (Å²) < 4.78 is 0. The third-order valence-electron chi connectivity index (χ3n) is 4.03. The number of benzene rings is 2. The Morgan fingerprint density at radius 2 is 1.35 bits per heavy atom. The van der Waals surface area contributed by atoms with Crippen LogP contribution in [-0.4, -0.2) is 5.84 Å². The quantitative estimate of drug-likeness (QED) is 0.540. The zero-order chi connectivity index (χ0) is 17.3. The average molecular weight is 308 g/mol. The summed E-state index contributed by atoms with van der Waals surface area (Å²) >= 11 is 0. The topological polar surface area (TPSA) is 35.9 Å². The Hall–Kier alpha value is -2.09. The molecule has 0 atom stereocenters. The van der Waals surface area contributed by atoms with Gasteiger partial charge in [0, 0.05) is 11.3 Å². The summed E-state index contributed by atoms with van der Waals surface area (Å²) in [4.78, 5) is 0. The summed E-state index contributed by atoms with van der Waals surface area (Å²) in [5, 5.41) is 11.7. The second-order valence-corrected chi connectivity index (χ2v) is 8.12. The highest BCUT2D eigenvalue weighted by molar-refractivity contribution is 6.06. The molecule has 2 heteroatoms.